The number of carbonyl (C=O) groups is 1. The van der Waals surface area contributed by atoms with E-state index in [4.69, 9.17) is 27.9 Å². The van der Waals surface area contributed by atoms with Crippen molar-refractivity contribution < 1.29 is 18.3 Å². The molecule has 2 N–H and O–H groups in total. The molecule has 0 unspecified atom stereocenters. The molecule has 0 radical (unpaired) electrons. The fourth-order valence-electron chi connectivity index (χ4n) is 4.62. The Hall–Kier alpha value is -2.64. The van der Waals surface area contributed by atoms with Crippen LogP contribution >= 0.6 is 23.2 Å². The van der Waals surface area contributed by atoms with E-state index in [1.54, 1.807) is 12.3 Å². The van der Waals surface area contributed by atoms with Crippen LogP contribution in [0.5, 0.6) is 5.75 Å². The Morgan fingerprint density at radius 3 is 2.45 bits per heavy atom. The zero-order valence-corrected chi connectivity index (χ0v) is 17.7. The first-order valence-corrected chi connectivity index (χ1v) is 10.4. The lowest BCUT2D eigenvalue weighted by molar-refractivity contribution is -0.141. The Morgan fingerprint density at radius 1 is 1.10 bits per heavy atom. The number of H-pyrrole nitrogens is 1. The monoisotopic (exact) mass is 463 g/mol. The molecule has 9 heteroatoms. The molecule has 3 aliphatic carbocycles. The van der Waals surface area contributed by atoms with E-state index in [9.17, 15) is 13.6 Å². The molecule has 6 rings (SSSR count). The minimum Gasteiger partial charge on any atom is -0.484 e. The lowest BCUT2D eigenvalue weighted by Gasteiger charge is -2.69. The van der Waals surface area contributed by atoms with Crippen molar-refractivity contribution in [1.82, 2.24) is 15.3 Å². The standard InChI is InChI=1S/C22H17Cl2F2N3O2/c23-14-3-1-12(5-16(14)25)18-7-27-20(28-18)21-9-22(10-21,11-21)29-19(30)8-31-13-2-4-15(24)17(26)6-13/h1-7H,8-11H2,(H,27,28)(H,29,30). The quantitative estimate of drug-likeness (QED) is 0.538. The number of hydrogen-bond donors (Lipinski definition) is 2. The Balaban J connectivity index is 1.17. The van der Waals surface area contributed by atoms with Gasteiger partial charge in [0.15, 0.2) is 6.61 Å². The fraction of sp³-hybridized carbons (Fsp3) is 0.273. The van der Waals surface area contributed by atoms with Gasteiger partial charge in [-0.25, -0.2) is 13.8 Å². The summed E-state index contributed by atoms with van der Waals surface area (Å²) in [5.41, 5.74) is 1.03. The van der Waals surface area contributed by atoms with Crippen molar-refractivity contribution >= 4 is 29.1 Å². The van der Waals surface area contributed by atoms with E-state index in [-0.39, 0.29) is 39.3 Å². The highest BCUT2D eigenvalue weighted by Gasteiger charge is 2.70. The van der Waals surface area contributed by atoms with E-state index >= 15 is 0 Å². The van der Waals surface area contributed by atoms with Crippen LogP contribution in [0.3, 0.4) is 0 Å². The van der Waals surface area contributed by atoms with Crippen LogP contribution in [0.4, 0.5) is 8.78 Å². The van der Waals surface area contributed by atoms with Gasteiger partial charge in [0.25, 0.3) is 5.91 Å². The van der Waals surface area contributed by atoms with Crippen molar-refractivity contribution in [2.45, 2.75) is 30.2 Å². The summed E-state index contributed by atoms with van der Waals surface area (Å²) in [6.45, 7) is -0.206. The van der Waals surface area contributed by atoms with Gasteiger partial charge in [-0.2, -0.15) is 0 Å². The van der Waals surface area contributed by atoms with Gasteiger partial charge in [0.1, 0.15) is 23.2 Å². The van der Waals surface area contributed by atoms with Gasteiger partial charge < -0.3 is 15.0 Å². The van der Waals surface area contributed by atoms with Gasteiger partial charge in [-0.1, -0.05) is 29.3 Å². The van der Waals surface area contributed by atoms with Gasteiger partial charge in [0.2, 0.25) is 0 Å². The molecular formula is C22H17Cl2F2N3O2. The molecule has 2 bridgehead atoms. The lowest BCUT2D eigenvalue weighted by atomic mass is 9.39. The van der Waals surface area contributed by atoms with E-state index in [2.05, 4.69) is 15.3 Å². The Labute approximate surface area is 186 Å². The molecule has 0 spiro atoms. The predicted molar refractivity (Wildman–Crippen MR) is 112 cm³/mol. The molecule has 160 valence electrons. The molecule has 1 amide bonds. The minimum absolute atomic E-state index is 0.00162. The van der Waals surface area contributed by atoms with Crippen molar-refractivity contribution in [3.8, 4) is 17.0 Å². The smallest absolute Gasteiger partial charge is 0.258 e. The van der Waals surface area contributed by atoms with Gasteiger partial charge in [0, 0.05) is 22.6 Å². The molecule has 0 atom stereocenters. The summed E-state index contributed by atoms with van der Waals surface area (Å²) in [6.07, 6.45) is 3.98. The molecule has 3 aliphatic rings. The van der Waals surface area contributed by atoms with Crippen molar-refractivity contribution in [1.29, 1.82) is 0 Å². The topological polar surface area (TPSA) is 67.0 Å². The third-order valence-electron chi connectivity index (χ3n) is 6.00. The molecule has 5 nitrogen and oxygen atoms in total. The van der Waals surface area contributed by atoms with E-state index in [0.29, 0.717) is 5.56 Å². The van der Waals surface area contributed by atoms with Crippen LogP contribution in [0, 0.1) is 11.6 Å². The highest BCUT2D eigenvalue weighted by atomic mass is 35.5. The predicted octanol–water partition coefficient (Wildman–Crippen LogP) is 5.03. The van der Waals surface area contributed by atoms with Crippen LogP contribution in [0.15, 0.2) is 42.6 Å². The third-order valence-corrected chi connectivity index (χ3v) is 6.62. The maximum absolute atomic E-state index is 13.7. The molecule has 3 aromatic rings. The first-order chi connectivity index (χ1) is 14.8. The molecule has 31 heavy (non-hydrogen) atoms. The molecule has 1 aromatic heterocycles. The summed E-state index contributed by atoms with van der Waals surface area (Å²) in [5, 5.41) is 3.09. The second-order valence-electron chi connectivity index (χ2n) is 8.28. The number of carbonyl (C=O) groups excluding carboxylic acids is 1. The SMILES string of the molecule is O=C(COc1ccc(Cl)c(F)c1)NC12CC(c3ncc(-c4ccc(Cl)c(F)c4)[nH]3)(C1)C2. The zero-order valence-electron chi connectivity index (χ0n) is 16.1. The molecule has 3 fully saturated rings. The summed E-state index contributed by atoms with van der Waals surface area (Å²) < 4.78 is 32.5. The van der Waals surface area contributed by atoms with Crippen molar-refractivity contribution in [3.63, 3.8) is 0 Å². The second kappa shape index (κ2) is 7.21. The number of ether oxygens (including phenoxy) is 1. The summed E-state index contributed by atoms with van der Waals surface area (Å²) in [4.78, 5) is 20.0. The average molecular weight is 464 g/mol. The van der Waals surface area contributed by atoms with E-state index in [0.717, 1.165) is 36.8 Å². The molecule has 0 aliphatic heterocycles. The zero-order chi connectivity index (χ0) is 21.8. The Kier molecular flexibility index (Phi) is 4.71. The van der Waals surface area contributed by atoms with Gasteiger partial charge in [-0.15, -0.1) is 0 Å². The average Bonchev–Trinajstić information content (AvgIpc) is 3.16. The summed E-state index contributed by atoms with van der Waals surface area (Å²) in [7, 11) is 0. The number of nitrogens with zero attached hydrogens (tertiary/aromatic N) is 1. The first kappa shape index (κ1) is 20.3. The summed E-state index contributed by atoms with van der Waals surface area (Å²) in [5.74, 6) is -0.263. The highest BCUT2D eigenvalue weighted by Crippen LogP contribution is 2.67. The van der Waals surface area contributed by atoms with Crippen LogP contribution in [-0.4, -0.2) is 28.0 Å². The minimum atomic E-state index is -0.597. The molecule has 2 aromatic carbocycles. The normalized spacial score (nSPS) is 23.6. The van der Waals surface area contributed by atoms with Gasteiger partial charge in [-0.3, -0.25) is 4.79 Å². The van der Waals surface area contributed by atoms with E-state index < -0.39 is 11.6 Å². The first-order valence-electron chi connectivity index (χ1n) is 9.67. The number of nitrogens with one attached hydrogen (secondary N) is 2. The molecule has 3 saturated carbocycles. The number of benzene rings is 2. The fourth-order valence-corrected chi connectivity index (χ4v) is 4.86. The van der Waals surface area contributed by atoms with Crippen molar-refractivity contribution in [2.75, 3.05) is 6.61 Å². The number of aromatic amines is 1. The largest absolute Gasteiger partial charge is 0.484 e. The maximum atomic E-state index is 13.7. The van der Waals surface area contributed by atoms with Gasteiger partial charge in [-0.05, 0) is 43.5 Å². The molecular weight excluding hydrogens is 447 g/mol. The maximum Gasteiger partial charge on any atom is 0.258 e. The Morgan fingerprint density at radius 2 is 1.77 bits per heavy atom. The third kappa shape index (κ3) is 3.55. The highest BCUT2D eigenvalue weighted by molar-refractivity contribution is 6.31. The number of imidazole rings is 1. The molecule has 0 saturated heterocycles. The Bertz CT molecular complexity index is 1180. The second-order valence-corrected chi connectivity index (χ2v) is 9.09. The van der Waals surface area contributed by atoms with E-state index in [1.165, 1.54) is 24.3 Å². The number of halogens is 4. The van der Waals surface area contributed by atoms with Gasteiger partial charge >= 0.3 is 0 Å². The van der Waals surface area contributed by atoms with Gasteiger partial charge in [0.05, 0.1) is 21.9 Å². The summed E-state index contributed by atoms with van der Waals surface area (Å²) >= 11 is 11.4. The number of aromatic nitrogens is 2. The summed E-state index contributed by atoms with van der Waals surface area (Å²) in [6, 6.07) is 8.65. The number of hydrogen-bond acceptors (Lipinski definition) is 3. The van der Waals surface area contributed by atoms with Crippen LogP contribution in [0.2, 0.25) is 10.0 Å². The van der Waals surface area contributed by atoms with Crippen molar-refractivity contribution in [3.05, 3.63) is 70.1 Å². The van der Waals surface area contributed by atoms with Crippen LogP contribution in [0.1, 0.15) is 25.1 Å². The van der Waals surface area contributed by atoms with Crippen molar-refractivity contribution in [2.24, 2.45) is 0 Å². The van der Waals surface area contributed by atoms with Crippen LogP contribution in [0.25, 0.3) is 11.3 Å². The van der Waals surface area contributed by atoms with E-state index in [1.807, 2.05) is 0 Å². The van der Waals surface area contributed by atoms with Crippen LogP contribution < -0.4 is 10.1 Å². The lowest BCUT2D eigenvalue weighted by Crippen LogP contribution is -2.77. The number of rotatable bonds is 6. The molecule has 1 heterocycles. The number of amides is 1. The van der Waals surface area contributed by atoms with Crippen LogP contribution in [-0.2, 0) is 10.2 Å².